The molecule has 1 saturated heterocycles. The Kier molecular flexibility index (Phi) is 5.49. The molecule has 1 fully saturated rings. The normalized spacial score (nSPS) is 15.3. The van der Waals surface area contributed by atoms with Gasteiger partial charge in [0.1, 0.15) is 0 Å². The maximum Gasteiger partial charge on any atom is 0.303 e. The number of amides is 1. The molecule has 0 atom stereocenters. The number of likely N-dealkylation sites (tertiary alicyclic amines) is 1. The number of carboxylic acid groups (broad SMARTS) is 1. The molecule has 1 aliphatic heterocycles. The van der Waals surface area contributed by atoms with E-state index in [9.17, 15) is 9.59 Å². The molecule has 4 nitrogen and oxygen atoms in total. The van der Waals surface area contributed by atoms with Crippen LogP contribution in [-0.2, 0) is 9.59 Å². The number of rotatable bonds is 5. The van der Waals surface area contributed by atoms with Crippen LogP contribution >= 0.6 is 0 Å². The topological polar surface area (TPSA) is 57.6 Å². The molecule has 0 bridgehead atoms. The van der Waals surface area contributed by atoms with Crippen molar-refractivity contribution in [3.05, 3.63) is 71.8 Å². The van der Waals surface area contributed by atoms with Crippen LogP contribution in [0.25, 0.3) is 0 Å². The van der Waals surface area contributed by atoms with Gasteiger partial charge in [0.25, 0.3) is 0 Å². The van der Waals surface area contributed by atoms with Gasteiger partial charge >= 0.3 is 5.97 Å². The highest BCUT2D eigenvalue weighted by Crippen LogP contribution is 2.29. The molecule has 0 unspecified atom stereocenters. The summed E-state index contributed by atoms with van der Waals surface area (Å²) in [7, 11) is 0. The molecule has 0 aliphatic carbocycles. The first-order chi connectivity index (χ1) is 12.1. The number of piperidine rings is 1. The Bertz CT molecular complexity index is 667. The van der Waals surface area contributed by atoms with Crippen molar-refractivity contribution in [3.63, 3.8) is 0 Å². The average molecular weight is 337 g/mol. The molecule has 2 aromatic rings. The zero-order valence-corrected chi connectivity index (χ0v) is 14.2. The lowest BCUT2D eigenvalue weighted by molar-refractivity contribution is -0.138. The molecule has 0 radical (unpaired) electrons. The van der Waals surface area contributed by atoms with E-state index in [2.05, 4.69) is 0 Å². The van der Waals surface area contributed by atoms with E-state index in [0.29, 0.717) is 13.1 Å². The fraction of sp³-hybridized carbons (Fsp3) is 0.333. The third kappa shape index (κ3) is 4.27. The van der Waals surface area contributed by atoms with Crippen molar-refractivity contribution in [1.29, 1.82) is 0 Å². The van der Waals surface area contributed by atoms with E-state index in [1.165, 1.54) is 0 Å². The van der Waals surface area contributed by atoms with Crippen molar-refractivity contribution < 1.29 is 14.7 Å². The molecule has 2 aromatic carbocycles. The lowest BCUT2D eigenvalue weighted by Crippen LogP contribution is -2.41. The molecule has 4 heteroatoms. The number of carbonyl (C=O) groups is 2. The Balaban J connectivity index is 1.78. The lowest BCUT2D eigenvalue weighted by Gasteiger charge is -2.34. The van der Waals surface area contributed by atoms with Crippen molar-refractivity contribution in [2.24, 2.45) is 5.92 Å². The summed E-state index contributed by atoms with van der Waals surface area (Å²) < 4.78 is 0. The molecule has 1 heterocycles. The maximum atomic E-state index is 13.2. The third-order valence-electron chi connectivity index (χ3n) is 4.90. The Morgan fingerprint density at radius 3 is 1.84 bits per heavy atom. The standard InChI is InChI=1S/C21H23NO3/c23-19(24)15-16-11-13-22(14-12-16)21(25)20(17-7-3-1-4-8-17)18-9-5-2-6-10-18/h1-10,16,20H,11-15H2,(H,23,24). The van der Waals surface area contributed by atoms with Crippen molar-refractivity contribution in [3.8, 4) is 0 Å². The van der Waals surface area contributed by atoms with Crippen molar-refractivity contribution in [2.45, 2.75) is 25.2 Å². The Labute approximate surface area is 148 Å². The van der Waals surface area contributed by atoms with Gasteiger partial charge in [-0.3, -0.25) is 9.59 Å². The zero-order chi connectivity index (χ0) is 17.6. The SMILES string of the molecule is O=C(O)CC1CCN(C(=O)C(c2ccccc2)c2ccccc2)CC1. The van der Waals surface area contributed by atoms with Gasteiger partial charge in [-0.15, -0.1) is 0 Å². The number of carboxylic acids is 1. The minimum Gasteiger partial charge on any atom is -0.481 e. The smallest absolute Gasteiger partial charge is 0.303 e. The Morgan fingerprint density at radius 1 is 0.920 bits per heavy atom. The molecule has 0 aromatic heterocycles. The van der Waals surface area contributed by atoms with Crippen LogP contribution < -0.4 is 0 Å². The first kappa shape index (κ1) is 17.2. The molecule has 3 rings (SSSR count). The molecule has 25 heavy (non-hydrogen) atoms. The predicted molar refractivity (Wildman–Crippen MR) is 96.3 cm³/mol. The van der Waals surface area contributed by atoms with Crippen LogP contribution in [0.2, 0.25) is 0 Å². The van der Waals surface area contributed by atoms with Gasteiger partial charge in [0.05, 0.1) is 5.92 Å². The number of hydrogen-bond acceptors (Lipinski definition) is 2. The van der Waals surface area contributed by atoms with E-state index in [-0.39, 0.29) is 24.2 Å². The van der Waals surface area contributed by atoms with E-state index in [1.807, 2.05) is 65.6 Å². The minimum atomic E-state index is -0.753. The summed E-state index contributed by atoms with van der Waals surface area (Å²) in [6, 6.07) is 19.7. The maximum absolute atomic E-state index is 13.2. The quantitative estimate of drug-likeness (QED) is 0.908. The van der Waals surface area contributed by atoms with Crippen molar-refractivity contribution >= 4 is 11.9 Å². The monoisotopic (exact) mass is 337 g/mol. The average Bonchev–Trinajstić information content (AvgIpc) is 2.64. The highest BCUT2D eigenvalue weighted by molar-refractivity contribution is 5.87. The summed E-state index contributed by atoms with van der Waals surface area (Å²) >= 11 is 0. The number of benzene rings is 2. The van der Waals surface area contributed by atoms with E-state index < -0.39 is 5.97 Å². The van der Waals surface area contributed by atoms with Crippen LogP contribution in [0.5, 0.6) is 0 Å². The van der Waals surface area contributed by atoms with Crippen molar-refractivity contribution in [1.82, 2.24) is 4.90 Å². The largest absolute Gasteiger partial charge is 0.481 e. The van der Waals surface area contributed by atoms with Gasteiger partial charge in [-0.1, -0.05) is 60.7 Å². The van der Waals surface area contributed by atoms with Gasteiger partial charge < -0.3 is 10.0 Å². The summed E-state index contributed by atoms with van der Waals surface area (Å²) in [6.45, 7) is 1.26. The van der Waals surface area contributed by atoms with Crippen LogP contribution in [0.1, 0.15) is 36.3 Å². The minimum absolute atomic E-state index is 0.103. The highest BCUT2D eigenvalue weighted by Gasteiger charge is 2.30. The van der Waals surface area contributed by atoms with Gasteiger partial charge in [0, 0.05) is 19.5 Å². The zero-order valence-electron chi connectivity index (χ0n) is 14.2. The number of aliphatic carboxylic acids is 1. The van der Waals surface area contributed by atoms with Gasteiger partial charge in [-0.05, 0) is 29.9 Å². The second-order valence-corrected chi connectivity index (χ2v) is 6.62. The first-order valence-corrected chi connectivity index (χ1v) is 8.75. The van der Waals surface area contributed by atoms with E-state index in [4.69, 9.17) is 5.11 Å². The molecule has 0 spiro atoms. The Hall–Kier alpha value is -2.62. The first-order valence-electron chi connectivity index (χ1n) is 8.75. The molecule has 130 valence electrons. The molecule has 1 aliphatic rings. The number of carbonyl (C=O) groups excluding carboxylic acids is 1. The summed E-state index contributed by atoms with van der Waals surface area (Å²) in [5, 5.41) is 8.95. The summed E-state index contributed by atoms with van der Waals surface area (Å²) in [5.74, 6) is -0.783. The molecule has 1 N–H and O–H groups in total. The van der Waals surface area contributed by atoms with E-state index in [0.717, 1.165) is 24.0 Å². The second kappa shape index (κ2) is 7.97. The second-order valence-electron chi connectivity index (χ2n) is 6.62. The number of nitrogens with zero attached hydrogens (tertiary/aromatic N) is 1. The van der Waals surface area contributed by atoms with Crippen LogP contribution in [0.4, 0.5) is 0 Å². The summed E-state index contributed by atoms with van der Waals surface area (Å²) in [5.41, 5.74) is 1.98. The van der Waals surface area contributed by atoms with Gasteiger partial charge in [-0.25, -0.2) is 0 Å². The van der Waals surface area contributed by atoms with Gasteiger partial charge in [-0.2, -0.15) is 0 Å². The lowest BCUT2D eigenvalue weighted by atomic mass is 9.88. The van der Waals surface area contributed by atoms with E-state index in [1.54, 1.807) is 0 Å². The summed E-state index contributed by atoms with van der Waals surface area (Å²) in [6.07, 6.45) is 1.71. The van der Waals surface area contributed by atoms with Crippen LogP contribution in [0.3, 0.4) is 0 Å². The van der Waals surface area contributed by atoms with Crippen molar-refractivity contribution in [2.75, 3.05) is 13.1 Å². The summed E-state index contributed by atoms with van der Waals surface area (Å²) in [4.78, 5) is 26.0. The highest BCUT2D eigenvalue weighted by atomic mass is 16.4. The third-order valence-corrected chi connectivity index (χ3v) is 4.90. The molecular weight excluding hydrogens is 314 g/mol. The molecule has 0 saturated carbocycles. The van der Waals surface area contributed by atoms with Crippen LogP contribution in [0, 0.1) is 5.92 Å². The van der Waals surface area contributed by atoms with E-state index >= 15 is 0 Å². The van der Waals surface area contributed by atoms with Crippen LogP contribution in [0.15, 0.2) is 60.7 Å². The van der Waals surface area contributed by atoms with Crippen LogP contribution in [-0.4, -0.2) is 35.0 Å². The number of hydrogen-bond donors (Lipinski definition) is 1. The fourth-order valence-corrected chi connectivity index (χ4v) is 3.56. The van der Waals surface area contributed by atoms with Gasteiger partial charge in [0.15, 0.2) is 0 Å². The predicted octanol–water partition coefficient (Wildman–Crippen LogP) is 3.53. The van der Waals surface area contributed by atoms with Gasteiger partial charge in [0.2, 0.25) is 5.91 Å². The molecule has 1 amide bonds. The fourth-order valence-electron chi connectivity index (χ4n) is 3.56. The molecular formula is C21H23NO3. The Morgan fingerprint density at radius 2 is 1.40 bits per heavy atom.